The molecule has 4 aliphatic heterocycles. The predicted octanol–water partition coefficient (Wildman–Crippen LogP) is 10.9. The number of carbonyl (C=O) groups excluding carboxylic acids is 4. The Morgan fingerprint density at radius 3 is 1.02 bits per heavy atom. The molecule has 0 saturated carbocycles. The molecule has 0 radical (unpaired) electrons. The Bertz CT molecular complexity index is 4550. The molecule has 4 aliphatic rings. The Morgan fingerprint density at radius 1 is 0.369 bits per heavy atom. The first-order chi connectivity index (χ1) is 59.4. The fourth-order valence-electron chi connectivity index (χ4n) is 14.6. The van der Waals surface area contributed by atoms with Gasteiger partial charge < -0.3 is 101 Å². The van der Waals surface area contributed by atoms with Crippen LogP contribution in [0, 0.1) is 0 Å². The van der Waals surface area contributed by atoms with Crippen LogP contribution in [0.3, 0.4) is 0 Å². The van der Waals surface area contributed by atoms with Crippen molar-refractivity contribution in [2.75, 3.05) is 39.6 Å². The SMILES string of the molecule is CC(=O)N[C@H]1[C@H](O[C@H]2[C@@H](OCc3ccccc3)[C@@H](COCc3ccccc3)O[C@H](OCCN=[N+]=[N-])[C@@H]2OCc2ccccc2)O[C@H](COCc2ccccc2)[C@@H](OP(=O)(O)O[C@H]2O[C@H](COCc3ccccc3)[C@H](OCc3ccccc3)[C@H](O[C@@H]3O[C@H](COCc4ccccc4)[C@@H](O)[C@H](OC(C)=O)[C@H]3NC(C)=O)[C@H]2OCc2ccccc2)[C@@H]1OC(C)=O. The summed E-state index contributed by atoms with van der Waals surface area (Å²) in [7, 11) is -5.95. The largest absolute Gasteiger partial charge is 0.475 e. The van der Waals surface area contributed by atoms with E-state index in [0.717, 1.165) is 41.7 Å². The number of carbonyl (C=O) groups is 4. The second-order valence-corrected chi connectivity index (χ2v) is 30.8. The molecule has 650 valence electrons. The number of hydrogen-bond acceptors (Lipinski definition) is 26. The molecule has 122 heavy (non-hydrogen) atoms. The molecule has 4 heterocycles. The number of hydrogen-bond donors (Lipinski definition) is 4. The second kappa shape index (κ2) is 47.3. The third-order valence-corrected chi connectivity index (χ3v) is 21.2. The van der Waals surface area contributed by atoms with Gasteiger partial charge in [-0.25, -0.2) is 4.57 Å². The second-order valence-electron chi connectivity index (χ2n) is 29.5. The van der Waals surface area contributed by atoms with E-state index in [9.17, 15) is 34.7 Å². The van der Waals surface area contributed by atoms with Crippen LogP contribution in [-0.4, -0.2) is 196 Å². The number of ether oxygens (including phenoxy) is 17. The van der Waals surface area contributed by atoms with Crippen LogP contribution in [-0.2, 0) is 166 Å². The number of azide groups is 1. The van der Waals surface area contributed by atoms with Gasteiger partial charge in [0.15, 0.2) is 37.4 Å². The molecule has 0 bridgehead atoms. The molecule has 12 rings (SSSR count). The molecule has 4 fully saturated rings. The smallest absolute Gasteiger partial charge is 0.457 e. The molecule has 31 nitrogen and oxygen atoms in total. The number of aliphatic hydroxyl groups is 1. The van der Waals surface area contributed by atoms with Gasteiger partial charge in [-0.15, -0.1) is 0 Å². The zero-order chi connectivity index (χ0) is 85.4. The van der Waals surface area contributed by atoms with Crippen LogP contribution in [0.4, 0.5) is 0 Å². The Kier molecular flexibility index (Phi) is 35.5. The number of amides is 2. The number of esters is 2. The third-order valence-electron chi connectivity index (χ3n) is 20.2. The van der Waals surface area contributed by atoms with Crippen LogP contribution < -0.4 is 10.6 Å². The minimum absolute atomic E-state index is 0.00299. The molecule has 8 aromatic carbocycles. The Hall–Kier alpha value is -9.58. The zero-order valence-electron chi connectivity index (χ0n) is 68.0. The van der Waals surface area contributed by atoms with Crippen LogP contribution in [0.5, 0.6) is 0 Å². The Labute approximate surface area is 707 Å². The predicted molar refractivity (Wildman–Crippen MR) is 437 cm³/mol. The molecular formula is C90H104N5O26P. The standard InChI is InChI=1S/C90H104N5O26P/c1-59(96)93-75-81(112-61(3)98)77(100)71(55-103-47-63-29-13-5-14-30-63)114-87(75)119-84-79(109-52-68-39-23-10-24-40-68)73(57-105-49-65-33-17-7-18-34-65)117-90(86(84)111-54-70-43-27-12-28-44-70)121-122(101,102)120-80-74(58-106-50-66-35-19-8-20-36-66)115-88(76(94-60(2)97)82(80)113-62(4)99)118-83-78(108-51-67-37-21-9-22-38-67)72(56-104-48-64-31-15-6-16-32-64)116-89(107-46-45-92-95-91)85(83)110-53-69-41-25-11-26-42-69/h5-44,71-90,100H,45-58H2,1-4H3,(H,93,96)(H,94,97)(H,101,102)/t71-,72-,73-,74-,75-,76-,77-,78+,79+,80-,81-,82-,83+,84+,85-,86-,87+,88+,89+,90-/m1/s1. The molecule has 0 spiro atoms. The highest BCUT2D eigenvalue weighted by Gasteiger charge is 2.60. The Morgan fingerprint density at radius 2 is 0.664 bits per heavy atom. The zero-order valence-corrected chi connectivity index (χ0v) is 68.9. The fraction of sp³-hybridized carbons (Fsp3) is 0.422. The van der Waals surface area contributed by atoms with E-state index in [-0.39, 0.29) is 85.8 Å². The topological polar surface area (TPSA) is 374 Å². The average Bonchev–Trinajstić information content (AvgIpc) is 0.760. The van der Waals surface area contributed by atoms with Crippen LogP contribution >= 0.6 is 7.82 Å². The molecule has 0 aromatic heterocycles. The average molecular weight is 1700 g/mol. The molecule has 4 saturated heterocycles. The first kappa shape index (κ1) is 91.6. The lowest BCUT2D eigenvalue weighted by Crippen LogP contribution is -2.69. The third kappa shape index (κ3) is 27.7. The van der Waals surface area contributed by atoms with Gasteiger partial charge in [0.2, 0.25) is 11.8 Å². The minimum atomic E-state index is -5.95. The highest BCUT2D eigenvalue weighted by Crippen LogP contribution is 2.51. The van der Waals surface area contributed by atoms with Crippen molar-refractivity contribution in [3.8, 4) is 0 Å². The van der Waals surface area contributed by atoms with Crippen molar-refractivity contribution < 1.29 is 123 Å². The van der Waals surface area contributed by atoms with Gasteiger partial charge in [0.05, 0.1) is 85.9 Å². The van der Waals surface area contributed by atoms with Gasteiger partial charge in [-0.05, 0) is 50.0 Å². The lowest BCUT2D eigenvalue weighted by molar-refractivity contribution is -0.361. The number of benzene rings is 8. The van der Waals surface area contributed by atoms with Crippen molar-refractivity contribution in [1.29, 1.82) is 0 Å². The molecule has 8 aromatic rings. The van der Waals surface area contributed by atoms with Gasteiger partial charge in [-0.2, -0.15) is 0 Å². The van der Waals surface area contributed by atoms with Gasteiger partial charge in [0.25, 0.3) is 0 Å². The molecule has 4 N–H and O–H groups in total. The summed E-state index contributed by atoms with van der Waals surface area (Å²) in [6.45, 7) is 2.52. The van der Waals surface area contributed by atoms with Crippen molar-refractivity contribution in [3.63, 3.8) is 0 Å². The lowest BCUT2D eigenvalue weighted by Gasteiger charge is -2.50. The highest BCUT2D eigenvalue weighted by atomic mass is 31.2. The van der Waals surface area contributed by atoms with E-state index in [1.54, 1.807) is 42.5 Å². The number of aliphatic hydroxyl groups excluding tert-OH is 1. The van der Waals surface area contributed by atoms with E-state index in [4.69, 9.17) is 89.6 Å². The highest BCUT2D eigenvalue weighted by molar-refractivity contribution is 7.47. The molecule has 21 atom stereocenters. The molecular weight excluding hydrogens is 1600 g/mol. The van der Waals surface area contributed by atoms with Gasteiger partial charge in [0, 0.05) is 39.2 Å². The Balaban J connectivity index is 0.955. The molecule has 1 unspecified atom stereocenters. The summed E-state index contributed by atoms with van der Waals surface area (Å²) in [4.78, 5) is 71.2. The van der Waals surface area contributed by atoms with E-state index in [0.29, 0.717) is 16.7 Å². The van der Waals surface area contributed by atoms with Crippen molar-refractivity contribution in [2.45, 2.75) is 203 Å². The van der Waals surface area contributed by atoms with Crippen molar-refractivity contribution in [1.82, 2.24) is 10.6 Å². The monoisotopic (exact) mass is 1700 g/mol. The fourth-order valence-corrected chi connectivity index (χ4v) is 15.7. The van der Waals surface area contributed by atoms with E-state index in [2.05, 4.69) is 20.7 Å². The van der Waals surface area contributed by atoms with E-state index in [1.807, 2.05) is 200 Å². The molecule has 0 aliphatic carbocycles. The molecule has 32 heteroatoms. The number of nitrogens with one attached hydrogen (secondary N) is 2. The van der Waals surface area contributed by atoms with Crippen LogP contribution in [0.2, 0.25) is 0 Å². The van der Waals surface area contributed by atoms with Crippen molar-refractivity contribution in [2.24, 2.45) is 5.11 Å². The lowest BCUT2D eigenvalue weighted by atomic mass is 9.94. The van der Waals surface area contributed by atoms with Gasteiger partial charge >= 0.3 is 19.8 Å². The number of phosphoric ester groups is 1. The number of phosphoric acid groups is 1. The minimum Gasteiger partial charge on any atom is -0.457 e. The maximum absolute atomic E-state index is 16.3. The van der Waals surface area contributed by atoms with Crippen molar-refractivity contribution in [3.05, 3.63) is 298 Å². The summed E-state index contributed by atoms with van der Waals surface area (Å²) in [5.41, 5.74) is 15.2. The van der Waals surface area contributed by atoms with E-state index >= 15 is 4.57 Å². The van der Waals surface area contributed by atoms with Gasteiger partial charge in [-0.1, -0.05) is 248 Å². The van der Waals surface area contributed by atoms with Gasteiger partial charge in [0.1, 0.15) is 85.3 Å². The van der Waals surface area contributed by atoms with E-state index < -0.39 is 161 Å². The first-order valence-corrected chi connectivity index (χ1v) is 41.8. The van der Waals surface area contributed by atoms with Gasteiger partial charge in [-0.3, -0.25) is 28.2 Å². The maximum Gasteiger partial charge on any atom is 0.475 e. The van der Waals surface area contributed by atoms with Crippen molar-refractivity contribution >= 4 is 31.6 Å². The van der Waals surface area contributed by atoms with E-state index in [1.165, 1.54) is 13.8 Å². The summed E-state index contributed by atoms with van der Waals surface area (Å²) in [5, 5.41) is 21.6. The summed E-state index contributed by atoms with van der Waals surface area (Å²) >= 11 is 0. The maximum atomic E-state index is 16.3. The quantitative estimate of drug-likeness (QED) is 0.00688. The normalized spacial score (nSPS) is 26.9. The van der Waals surface area contributed by atoms with Crippen LogP contribution in [0.25, 0.3) is 10.4 Å². The number of rotatable bonds is 44. The van der Waals surface area contributed by atoms with Crippen LogP contribution in [0.1, 0.15) is 72.2 Å². The summed E-state index contributed by atoms with van der Waals surface area (Å²) < 4.78 is 144. The summed E-state index contributed by atoms with van der Waals surface area (Å²) in [5.74, 6) is -3.20. The number of nitrogens with zero attached hydrogens (tertiary/aromatic N) is 3. The first-order valence-electron chi connectivity index (χ1n) is 40.3. The molecule has 2 amide bonds. The summed E-state index contributed by atoms with van der Waals surface area (Å²) in [6, 6.07) is 70.1. The van der Waals surface area contributed by atoms with Crippen LogP contribution in [0.15, 0.2) is 248 Å². The summed E-state index contributed by atoms with van der Waals surface area (Å²) in [6.07, 6.45) is -28.3.